The van der Waals surface area contributed by atoms with Crippen molar-refractivity contribution in [3.63, 3.8) is 0 Å². The van der Waals surface area contributed by atoms with Gasteiger partial charge in [-0.05, 0) is 29.8 Å². The van der Waals surface area contributed by atoms with Crippen molar-refractivity contribution in [2.75, 3.05) is 0 Å². The summed E-state index contributed by atoms with van der Waals surface area (Å²) in [5.74, 6) is 0.192. The molecule has 0 fully saturated rings. The highest BCUT2D eigenvalue weighted by Gasteiger charge is 2.17. The first-order valence-corrected chi connectivity index (χ1v) is 10.5. The molecule has 0 spiro atoms. The van der Waals surface area contributed by atoms with Gasteiger partial charge in [0.1, 0.15) is 16.5 Å². The van der Waals surface area contributed by atoms with E-state index >= 15 is 0 Å². The molecule has 0 bridgehead atoms. The predicted octanol–water partition coefficient (Wildman–Crippen LogP) is 3.68. The number of halogens is 1. The third-order valence-corrected chi connectivity index (χ3v) is 5.53. The molecule has 7 nitrogen and oxygen atoms in total. The Morgan fingerprint density at radius 2 is 1.83 bits per heavy atom. The van der Waals surface area contributed by atoms with Crippen LogP contribution in [0.4, 0.5) is 4.39 Å². The smallest absolute Gasteiger partial charge is 0.244 e. The number of aromatic nitrogens is 3. The van der Waals surface area contributed by atoms with Crippen LogP contribution in [-0.2, 0) is 16.6 Å². The molecule has 0 amide bonds. The Morgan fingerprint density at radius 3 is 2.57 bits per heavy atom. The second-order valence-corrected chi connectivity index (χ2v) is 8.11. The second-order valence-electron chi connectivity index (χ2n) is 6.34. The Bertz CT molecular complexity index is 1240. The number of nitrogens with zero attached hydrogens (tertiary/aromatic N) is 3. The summed E-state index contributed by atoms with van der Waals surface area (Å²) in [6, 6.07) is 18.2. The first-order chi connectivity index (χ1) is 14.5. The maximum atomic E-state index is 13.2. The molecule has 0 aliphatic carbocycles. The van der Waals surface area contributed by atoms with Crippen LogP contribution in [0.1, 0.15) is 5.56 Å². The number of sulfonamides is 1. The van der Waals surface area contributed by atoms with Crippen molar-refractivity contribution in [3.05, 3.63) is 96.7 Å². The number of benzene rings is 2. The summed E-state index contributed by atoms with van der Waals surface area (Å²) in [5.41, 5.74) is 1.40. The monoisotopic (exact) mass is 424 g/mol. The van der Waals surface area contributed by atoms with Gasteiger partial charge in [0.15, 0.2) is 0 Å². The van der Waals surface area contributed by atoms with E-state index in [1.807, 2.05) is 30.3 Å². The number of nitrogens with one attached hydrogen (secondary N) is 1. The zero-order valence-corrected chi connectivity index (χ0v) is 16.5. The van der Waals surface area contributed by atoms with Crippen molar-refractivity contribution in [1.29, 1.82) is 0 Å². The van der Waals surface area contributed by atoms with Crippen LogP contribution in [0, 0.1) is 5.82 Å². The lowest BCUT2D eigenvalue weighted by Gasteiger charge is -2.07. The SMILES string of the molecule is O=S(=O)(NCc1ccc(Oc2cccc(F)c2)nc1)c1cnn(-c2ccccc2)c1. The van der Waals surface area contributed by atoms with Crippen molar-refractivity contribution in [3.8, 4) is 17.3 Å². The van der Waals surface area contributed by atoms with E-state index in [2.05, 4.69) is 14.8 Å². The highest BCUT2D eigenvalue weighted by atomic mass is 32.2. The van der Waals surface area contributed by atoms with Crippen LogP contribution < -0.4 is 9.46 Å². The fourth-order valence-corrected chi connectivity index (χ4v) is 3.60. The molecule has 152 valence electrons. The predicted molar refractivity (Wildman–Crippen MR) is 108 cm³/mol. The molecule has 0 radical (unpaired) electrons. The summed E-state index contributed by atoms with van der Waals surface area (Å²) in [6.07, 6.45) is 4.24. The summed E-state index contributed by atoms with van der Waals surface area (Å²) in [6.45, 7) is 0.0477. The normalized spacial score (nSPS) is 11.4. The zero-order chi connectivity index (χ0) is 21.0. The van der Waals surface area contributed by atoms with E-state index in [0.717, 1.165) is 5.69 Å². The average molecular weight is 424 g/mol. The number of pyridine rings is 1. The van der Waals surface area contributed by atoms with Crippen molar-refractivity contribution in [2.45, 2.75) is 11.4 Å². The second kappa shape index (κ2) is 8.44. The topological polar surface area (TPSA) is 86.1 Å². The molecule has 2 heterocycles. The number of rotatable bonds is 7. The third-order valence-electron chi connectivity index (χ3n) is 4.17. The molecular formula is C21H17FN4O3S. The largest absolute Gasteiger partial charge is 0.439 e. The quantitative estimate of drug-likeness (QED) is 0.489. The van der Waals surface area contributed by atoms with Gasteiger partial charge in [-0.15, -0.1) is 0 Å². The van der Waals surface area contributed by atoms with Gasteiger partial charge >= 0.3 is 0 Å². The van der Waals surface area contributed by atoms with Gasteiger partial charge in [-0.25, -0.2) is 27.2 Å². The standard InChI is InChI=1S/C21H17FN4O3S/c22-17-5-4-8-19(11-17)29-21-10-9-16(12-23-21)13-25-30(27,28)20-14-24-26(15-20)18-6-2-1-3-7-18/h1-12,14-15,25H,13H2. The van der Waals surface area contributed by atoms with Crippen molar-refractivity contribution in [1.82, 2.24) is 19.5 Å². The Hall–Kier alpha value is -3.56. The van der Waals surface area contributed by atoms with Gasteiger partial charge in [-0.3, -0.25) is 0 Å². The molecule has 0 atom stereocenters. The molecule has 1 N–H and O–H groups in total. The molecule has 0 saturated carbocycles. The van der Waals surface area contributed by atoms with Crippen LogP contribution in [0.3, 0.4) is 0 Å². The Labute approximate surface area is 172 Å². The van der Waals surface area contributed by atoms with E-state index in [1.165, 1.54) is 41.5 Å². The minimum atomic E-state index is -3.74. The van der Waals surface area contributed by atoms with Gasteiger partial charge in [-0.1, -0.05) is 30.3 Å². The Balaban J connectivity index is 1.40. The maximum absolute atomic E-state index is 13.2. The molecule has 2 aromatic carbocycles. The van der Waals surface area contributed by atoms with Gasteiger partial charge in [-0.2, -0.15) is 5.10 Å². The molecule has 4 rings (SSSR count). The van der Waals surface area contributed by atoms with E-state index in [1.54, 1.807) is 18.2 Å². The van der Waals surface area contributed by atoms with Gasteiger partial charge in [0, 0.05) is 24.9 Å². The Morgan fingerprint density at radius 1 is 1.00 bits per heavy atom. The molecule has 2 aromatic heterocycles. The number of ether oxygens (including phenoxy) is 1. The zero-order valence-electron chi connectivity index (χ0n) is 15.6. The first kappa shape index (κ1) is 19.7. The molecule has 9 heteroatoms. The fraction of sp³-hybridized carbons (Fsp3) is 0.0476. The number of hydrogen-bond donors (Lipinski definition) is 1. The van der Waals surface area contributed by atoms with Crippen molar-refractivity contribution in [2.24, 2.45) is 0 Å². The van der Waals surface area contributed by atoms with E-state index in [4.69, 9.17) is 4.74 Å². The average Bonchev–Trinajstić information content (AvgIpc) is 3.25. The van der Waals surface area contributed by atoms with Gasteiger partial charge in [0.05, 0.1) is 18.1 Å². The molecule has 0 aliphatic heterocycles. The van der Waals surface area contributed by atoms with Crippen LogP contribution in [0.25, 0.3) is 5.69 Å². The summed E-state index contributed by atoms with van der Waals surface area (Å²) in [4.78, 5) is 4.19. The number of para-hydroxylation sites is 1. The highest BCUT2D eigenvalue weighted by Crippen LogP contribution is 2.20. The van der Waals surface area contributed by atoms with Gasteiger partial charge in [0.2, 0.25) is 15.9 Å². The third kappa shape index (κ3) is 4.70. The van der Waals surface area contributed by atoms with E-state index in [0.29, 0.717) is 11.3 Å². The molecule has 30 heavy (non-hydrogen) atoms. The Kier molecular flexibility index (Phi) is 5.55. The maximum Gasteiger partial charge on any atom is 0.244 e. The minimum Gasteiger partial charge on any atom is -0.439 e. The minimum absolute atomic E-state index is 0.0477. The lowest BCUT2D eigenvalue weighted by molar-refractivity contribution is 0.457. The molecule has 4 aromatic rings. The first-order valence-electron chi connectivity index (χ1n) is 8.98. The fourth-order valence-electron chi connectivity index (χ4n) is 2.66. The van der Waals surface area contributed by atoms with Gasteiger partial charge in [0.25, 0.3) is 0 Å². The van der Waals surface area contributed by atoms with Crippen LogP contribution in [-0.4, -0.2) is 23.2 Å². The van der Waals surface area contributed by atoms with Crippen LogP contribution in [0.15, 0.2) is 90.2 Å². The molecular weight excluding hydrogens is 407 g/mol. The summed E-state index contributed by atoms with van der Waals surface area (Å²) >= 11 is 0. The van der Waals surface area contributed by atoms with Crippen molar-refractivity contribution >= 4 is 10.0 Å². The molecule has 0 saturated heterocycles. The van der Waals surface area contributed by atoms with Crippen LogP contribution in [0.2, 0.25) is 0 Å². The van der Waals surface area contributed by atoms with Crippen LogP contribution in [0.5, 0.6) is 11.6 Å². The number of hydrogen-bond acceptors (Lipinski definition) is 5. The highest BCUT2D eigenvalue weighted by molar-refractivity contribution is 7.89. The summed E-state index contributed by atoms with van der Waals surface area (Å²) in [5, 5.41) is 4.11. The summed E-state index contributed by atoms with van der Waals surface area (Å²) < 4.78 is 47.8. The van der Waals surface area contributed by atoms with Crippen LogP contribution >= 0.6 is 0 Å². The lowest BCUT2D eigenvalue weighted by atomic mass is 10.3. The van der Waals surface area contributed by atoms with E-state index < -0.39 is 15.8 Å². The van der Waals surface area contributed by atoms with E-state index in [9.17, 15) is 12.8 Å². The van der Waals surface area contributed by atoms with E-state index in [-0.39, 0.29) is 17.3 Å². The summed E-state index contributed by atoms with van der Waals surface area (Å²) in [7, 11) is -3.74. The lowest BCUT2D eigenvalue weighted by Crippen LogP contribution is -2.23. The molecule has 0 aliphatic rings. The van der Waals surface area contributed by atoms with Gasteiger partial charge < -0.3 is 4.74 Å². The molecule has 0 unspecified atom stereocenters. The van der Waals surface area contributed by atoms with Crippen molar-refractivity contribution < 1.29 is 17.5 Å².